The van der Waals surface area contributed by atoms with E-state index in [0.29, 0.717) is 0 Å². The van der Waals surface area contributed by atoms with E-state index in [2.05, 4.69) is 16.0 Å². The van der Waals surface area contributed by atoms with Crippen LogP contribution in [0.1, 0.15) is 5.56 Å². The molecule has 2 aromatic rings. The number of benzene rings is 1. The first-order valence-corrected chi connectivity index (χ1v) is 5.42. The van der Waals surface area contributed by atoms with Crippen LogP contribution in [0.3, 0.4) is 0 Å². The first-order valence-electron chi connectivity index (χ1n) is 5.42. The highest BCUT2D eigenvalue weighted by Crippen LogP contribution is 2.12. The molecule has 0 radical (unpaired) electrons. The van der Waals surface area contributed by atoms with Crippen molar-refractivity contribution in [3.05, 3.63) is 46.4 Å². The molecule has 0 spiro atoms. The van der Waals surface area contributed by atoms with Crippen molar-refractivity contribution in [2.24, 2.45) is 0 Å². The lowest BCUT2D eigenvalue weighted by molar-refractivity contribution is 0.414. The van der Waals surface area contributed by atoms with E-state index in [1.165, 1.54) is 5.56 Å². The minimum atomic E-state index is -0.01000. The number of hydrogen-bond acceptors (Lipinski definition) is 2. The largest absolute Gasteiger partial charge is 0.329 e. The number of nitrogens with one attached hydrogen (secondary N) is 1. The van der Waals surface area contributed by atoms with Crippen LogP contribution in [0.5, 0.6) is 0 Å². The van der Waals surface area contributed by atoms with Gasteiger partial charge in [-0.05, 0) is 43.6 Å². The van der Waals surface area contributed by atoms with Crippen molar-refractivity contribution in [2.75, 3.05) is 20.6 Å². The van der Waals surface area contributed by atoms with E-state index in [1.807, 2.05) is 32.3 Å². The number of H-pyrrole nitrogens is 1. The number of hydrogen-bond donors (Lipinski definition) is 1. The lowest BCUT2D eigenvalue weighted by Crippen LogP contribution is -2.15. The van der Waals surface area contributed by atoms with Gasteiger partial charge in [-0.1, -0.05) is 12.1 Å². The van der Waals surface area contributed by atoms with Gasteiger partial charge in [0.1, 0.15) is 0 Å². The molecular weight excluding hydrogens is 200 g/mol. The Bertz CT molecular complexity index is 543. The molecular formula is C13H16N2O. The van der Waals surface area contributed by atoms with Gasteiger partial charge in [0.25, 0.3) is 5.56 Å². The first kappa shape index (κ1) is 10.9. The quantitative estimate of drug-likeness (QED) is 0.846. The average Bonchev–Trinajstić information content (AvgIpc) is 2.27. The van der Waals surface area contributed by atoms with Crippen LogP contribution in [0.25, 0.3) is 10.8 Å². The fourth-order valence-electron chi connectivity index (χ4n) is 1.74. The molecule has 0 saturated carbocycles. The zero-order valence-electron chi connectivity index (χ0n) is 9.66. The van der Waals surface area contributed by atoms with E-state index in [9.17, 15) is 4.79 Å². The van der Waals surface area contributed by atoms with Crippen LogP contribution in [0.2, 0.25) is 0 Å². The topological polar surface area (TPSA) is 36.1 Å². The van der Waals surface area contributed by atoms with Crippen LogP contribution in [0.15, 0.2) is 35.3 Å². The summed E-state index contributed by atoms with van der Waals surface area (Å²) in [4.78, 5) is 16.4. The number of pyridine rings is 1. The molecule has 3 heteroatoms. The highest BCUT2D eigenvalue weighted by atomic mass is 16.1. The van der Waals surface area contributed by atoms with Crippen LogP contribution in [0, 0.1) is 0 Å². The zero-order valence-corrected chi connectivity index (χ0v) is 9.66. The van der Waals surface area contributed by atoms with Crippen LogP contribution >= 0.6 is 0 Å². The fraction of sp³-hybridized carbons (Fsp3) is 0.308. The van der Waals surface area contributed by atoms with Crippen LogP contribution in [0.4, 0.5) is 0 Å². The molecule has 1 aromatic heterocycles. The standard InChI is InChI=1S/C13H16N2O/c1-15(2)8-6-10-3-4-11-5-7-14-13(16)12(11)9-10/h3-5,7,9H,6,8H2,1-2H3,(H,14,16). The summed E-state index contributed by atoms with van der Waals surface area (Å²) < 4.78 is 0. The van der Waals surface area contributed by atoms with E-state index >= 15 is 0 Å². The Morgan fingerprint density at radius 3 is 2.81 bits per heavy atom. The lowest BCUT2D eigenvalue weighted by atomic mass is 10.1. The second kappa shape index (κ2) is 4.49. The fourth-order valence-corrected chi connectivity index (χ4v) is 1.74. The molecule has 0 unspecified atom stereocenters. The molecule has 0 fully saturated rings. The van der Waals surface area contributed by atoms with Gasteiger partial charge in [0.2, 0.25) is 0 Å². The summed E-state index contributed by atoms with van der Waals surface area (Å²) in [7, 11) is 4.10. The molecule has 16 heavy (non-hydrogen) atoms. The van der Waals surface area contributed by atoms with Gasteiger partial charge in [0.05, 0.1) is 0 Å². The summed E-state index contributed by atoms with van der Waals surface area (Å²) in [5, 5.41) is 1.77. The molecule has 2 rings (SSSR count). The SMILES string of the molecule is CN(C)CCc1ccc2cc[nH]c(=O)c2c1. The zero-order chi connectivity index (χ0) is 11.5. The summed E-state index contributed by atoms with van der Waals surface area (Å²) in [6.45, 7) is 0.996. The molecule has 3 nitrogen and oxygen atoms in total. The second-order valence-electron chi connectivity index (χ2n) is 4.28. The number of aromatic amines is 1. The number of fused-ring (bicyclic) bond motifs is 1. The molecule has 0 aliphatic carbocycles. The van der Waals surface area contributed by atoms with Crippen molar-refractivity contribution in [1.82, 2.24) is 9.88 Å². The lowest BCUT2D eigenvalue weighted by Gasteiger charge is -2.09. The second-order valence-corrected chi connectivity index (χ2v) is 4.28. The van der Waals surface area contributed by atoms with Crippen molar-refractivity contribution in [1.29, 1.82) is 0 Å². The molecule has 0 aliphatic heterocycles. The molecule has 84 valence electrons. The van der Waals surface area contributed by atoms with Crippen molar-refractivity contribution in [3.8, 4) is 0 Å². The number of likely N-dealkylation sites (N-methyl/N-ethyl adjacent to an activating group) is 1. The van der Waals surface area contributed by atoms with Gasteiger partial charge in [-0.25, -0.2) is 0 Å². The summed E-state index contributed by atoms with van der Waals surface area (Å²) in [6, 6.07) is 8.00. The molecule has 1 N–H and O–H groups in total. The maximum Gasteiger partial charge on any atom is 0.255 e. The predicted molar refractivity (Wildman–Crippen MR) is 66.8 cm³/mol. The Morgan fingerprint density at radius 1 is 1.25 bits per heavy atom. The Morgan fingerprint density at radius 2 is 2.06 bits per heavy atom. The van der Waals surface area contributed by atoms with Gasteiger partial charge >= 0.3 is 0 Å². The smallest absolute Gasteiger partial charge is 0.255 e. The third kappa shape index (κ3) is 2.31. The highest BCUT2D eigenvalue weighted by Gasteiger charge is 2.00. The molecule has 0 bridgehead atoms. The monoisotopic (exact) mass is 216 g/mol. The number of nitrogens with zero attached hydrogens (tertiary/aromatic N) is 1. The molecule has 1 aromatic carbocycles. The molecule has 0 amide bonds. The Balaban J connectivity index is 2.36. The van der Waals surface area contributed by atoms with Crippen LogP contribution < -0.4 is 5.56 Å². The van der Waals surface area contributed by atoms with Crippen LogP contribution in [-0.4, -0.2) is 30.5 Å². The third-order valence-corrected chi connectivity index (χ3v) is 2.69. The molecule has 1 heterocycles. The molecule has 0 atom stereocenters. The average molecular weight is 216 g/mol. The van der Waals surface area contributed by atoms with Gasteiger partial charge < -0.3 is 9.88 Å². The van der Waals surface area contributed by atoms with Crippen LogP contribution in [-0.2, 0) is 6.42 Å². The van der Waals surface area contributed by atoms with E-state index in [-0.39, 0.29) is 5.56 Å². The minimum Gasteiger partial charge on any atom is -0.329 e. The Kier molecular flexibility index (Phi) is 3.06. The highest BCUT2D eigenvalue weighted by molar-refractivity contribution is 5.81. The summed E-state index contributed by atoms with van der Waals surface area (Å²) >= 11 is 0. The van der Waals surface area contributed by atoms with Gasteiger partial charge in [-0.3, -0.25) is 4.79 Å². The van der Waals surface area contributed by atoms with E-state index in [4.69, 9.17) is 0 Å². The minimum absolute atomic E-state index is 0.01000. The summed E-state index contributed by atoms with van der Waals surface area (Å²) in [5.74, 6) is 0. The van der Waals surface area contributed by atoms with E-state index in [0.717, 1.165) is 23.7 Å². The van der Waals surface area contributed by atoms with Crippen molar-refractivity contribution >= 4 is 10.8 Å². The van der Waals surface area contributed by atoms with Gasteiger partial charge in [0.15, 0.2) is 0 Å². The van der Waals surface area contributed by atoms with Gasteiger partial charge in [-0.2, -0.15) is 0 Å². The third-order valence-electron chi connectivity index (χ3n) is 2.69. The Hall–Kier alpha value is -1.61. The maximum absolute atomic E-state index is 11.6. The summed E-state index contributed by atoms with van der Waals surface area (Å²) in [5.41, 5.74) is 1.20. The van der Waals surface area contributed by atoms with Gasteiger partial charge in [-0.15, -0.1) is 0 Å². The molecule has 0 saturated heterocycles. The Labute approximate surface area is 94.7 Å². The number of aromatic nitrogens is 1. The predicted octanol–water partition coefficient (Wildman–Crippen LogP) is 1.63. The van der Waals surface area contributed by atoms with Crippen molar-refractivity contribution in [3.63, 3.8) is 0 Å². The normalized spacial score (nSPS) is 11.2. The maximum atomic E-state index is 11.6. The molecule has 0 aliphatic rings. The van der Waals surface area contributed by atoms with Crippen molar-refractivity contribution < 1.29 is 0 Å². The first-order chi connectivity index (χ1) is 7.66. The van der Waals surface area contributed by atoms with E-state index in [1.54, 1.807) is 6.20 Å². The summed E-state index contributed by atoms with van der Waals surface area (Å²) in [6.07, 6.45) is 2.65. The van der Waals surface area contributed by atoms with E-state index < -0.39 is 0 Å². The number of rotatable bonds is 3. The van der Waals surface area contributed by atoms with Gasteiger partial charge in [0, 0.05) is 18.1 Å². The van der Waals surface area contributed by atoms with Crippen molar-refractivity contribution in [2.45, 2.75) is 6.42 Å².